The fourth-order valence-corrected chi connectivity index (χ4v) is 3.10. The molecule has 2 rings (SSSR count). The van der Waals surface area contributed by atoms with Gasteiger partial charge in [0.15, 0.2) is 0 Å². The molecule has 0 amide bonds. The van der Waals surface area contributed by atoms with Crippen LogP contribution >= 0.6 is 0 Å². The van der Waals surface area contributed by atoms with Crippen molar-refractivity contribution >= 4 is 0 Å². The van der Waals surface area contributed by atoms with E-state index in [0.29, 0.717) is 6.10 Å². The molecule has 1 N–H and O–H groups in total. The van der Waals surface area contributed by atoms with Crippen molar-refractivity contribution in [2.24, 2.45) is 5.41 Å². The third kappa shape index (κ3) is 3.86. The van der Waals surface area contributed by atoms with Gasteiger partial charge in [0.25, 0.3) is 0 Å². The minimum atomic E-state index is -0.292. The first-order valence-corrected chi connectivity index (χ1v) is 7.86. The molecule has 1 aromatic heterocycles. The molecule has 1 aromatic rings. The maximum Gasteiger partial charge on any atom is 0.0812 e. The zero-order valence-corrected chi connectivity index (χ0v) is 13.4. The SMILES string of the molecule is CC(C)OCCCCn1ccc2c1CC(C)(C)CC2O. The van der Waals surface area contributed by atoms with Gasteiger partial charge in [0.05, 0.1) is 12.2 Å². The lowest BCUT2D eigenvalue weighted by atomic mass is 9.75. The second kappa shape index (κ2) is 6.31. The molecule has 0 aliphatic heterocycles. The van der Waals surface area contributed by atoms with E-state index in [0.717, 1.165) is 44.4 Å². The van der Waals surface area contributed by atoms with Crippen LogP contribution in [0.1, 0.15) is 64.3 Å². The van der Waals surface area contributed by atoms with E-state index in [2.05, 4.69) is 44.5 Å². The Bertz CT molecular complexity index is 434. The molecule has 0 saturated heterocycles. The van der Waals surface area contributed by atoms with Crippen LogP contribution in [0, 0.1) is 5.41 Å². The number of hydrogen-bond donors (Lipinski definition) is 1. The molecule has 0 bridgehead atoms. The number of unbranched alkanes of at least 4 members (excludes halogenated alkanes) is 1. The summed E-state index contributed by atoms with van der Waals surface area (Å²) in [7, 11) is 0. The summed E-state index contributed by atoms with van der Waals surface area (Å²) >= 11 is 0. The van der Waals surface area contributed by atoms with Crippen LogP contribution in [0.15, 0.2) is 12.3 Å². The number of fused-ring (bicyclic) bond motifs is 1. The number of aromatic nitrogens is 1. The second-order valence-electron chi connectivity index (χ2n) is 7.10. The second-order valence-corrected chi connectivity index (χ2v) is 7.10. The highest BCUT2D eigenvalue weighted by atomic mass is 16.5. The van der Waals surface area contributed by atoms with Gasteiger partial charge in [0, 0.05) is 30.6 Å². The summed E-state index contributed by atoms with van der Waals surface area (Å²) in [5.41, 5.74) is 2.67. The number of aliphatic hydroxyl groups excluding tert-OH is 1. The molecular formula is C17H29NO2. The fraction of sp³-hybridized carbons (Fsp3) is 0.765. The smallest absolute Gasteiger partial charge is 0.0812 e. The monoisotopic (exact) mass is 279 g/mol. The standard InChI is InChI=1S/C17H29NO2/c1-13(2)20-10-6-5-8-18-9-7-14-15(18)11-17(3,4)12-16(14)19/h7,9,13,16,19H,5-6,8,10-12H2,1-4H3. The lowest BCUT2D eigenvalue weighted by Gasteiger charge is -2.34. The van der Waals surface area contributed by atoms with Crippen LogP contribution in [0.4, 0.5) is 0 Å². The Labute approximate surface area is 122 Å². The molecule has 1 aliphatic rings. The quantitative estimate of drug-likeness (QED) is 0.806. The zero-order chi connectivity index (χ0) is 14.8. The highest BCUT2D eigenvalue weighted by Gasteiger charge is 2.32. The maximum atomic E-state index is 10.2. The molecular weight excluding hydrogens is 250 g/mol. The molecule has 3 nitrogen and oxygen atoms in total. The van der Waals surface area contributed by atoms with E-state index in [-0.39, 0.29) is 11.5 Å². The van der Waals surface area contributed by atoms with Crippen LogP contribution in [0.3, 0.4) is 0 Å². The van der Waals surface area contributed by atoms with E-state index < -0.39 is 0 Å². The van der Waals surface area contributed by atoms with Crippen molar-refractivity contribution in [3.63, 3.8) is 0 Å². The summed E-state index contributed by atoms with van der Waals surface area (Å²) in [6.45, 7) is 10.5. The number of hydrogen-bond acceptors (Lipinski definition) is 2. The Morgan fingerprint density at radius 3 is 2.85 bits per heavy atom. The van der Waals surface area contributed by atoms with Crippen molar-refractivity contribution in [1.82, 2.24) is 4.57 Å². The van der Waals surface area contributed by atoms with Gasteiger partial charge in [-0.1, -0.05) is 13.8 Å². The minimum absolute atomic E-state index is 0.198. The first kappa shape index (κ1) is 15.6. The number of aryl methyl sites for hydroxylation is 1. The number of nitrogens with zero attached hydrogens (tertiary/aromatic N) is 1. The van der Waals surface area contributed by atoms with Crippen LogP contribution in [-0.2, 0) is 17.7 Å². The molecule has 0 spiro atoms. The summed E-state index contributed by atoms with van der Waals surface area (Å²) in [6.07, 6.45) is 6.32. The summed E-state index contributed by atoms with van der Waals surface area (Å²) in [5.74, 6) is 0. The first-order valence-electron chi connectivity index (χ1n) is 7.86. The van der Waals surface area contributed by atoms with Gasteiger partial charge in [-0.2, -0.15) is 0 Å². The number of ether oxygens (including phenoxy) is 1. The van der Waals surface area contributed by atoms with Gasteiger partial charge in [-0.05, 0) is 51.0 Å². The summed E-state index contributed by atoms with van der Waals surface area (Å²) in [5, 5.41) is 10.2. The Hall–Kier alpha value is -0.800. The minimum Gasteiger partial charge on any atom is -0.388 e. The highest BCUT2D eigenvalue weighted by Crippen LogP contribution is 2.41. The average molecular weight is 279 g/mol. The van der Waals surface area contributed by atoms with Gasteiger partial charge in [0.1, 0.15) is 0 Å². The molecule has 1 aliphatic carbocycles. The summed E-state index contributed by atoms with van der Waals surface area (Å²) < 4.78 is 7.90. The van der Waals surface area contributed by atoms with Crippen LogP contribution in [0.25, 0.3) is 0 Å². The molecule has 20 heavy (non-hydrogen) atoms. The van der Waals surface area contributed by atoms with Gasteiger partial charge in [-0.3, -0.25) is 0 Å². The Morgan fingerprint density at radius 1 is 1.40 bits per heavy atom. The predicted molar refractivity (Wildman–Crippen MR) is 81.8 cm³/mol. The molecule has 1 unspecified atom stereocenters. The van der Waals surface area contributed by atoms with E-state index >= 15 is 0 Å². The van der Waals surface area contributed by atoms with Crippen LogP contribution in [0.2, 0.25) is 0 Å². The van der Waals surface area contributed by atoms with Crippen LogP contribution in [0.5, 0.6) is 0 Å². The Kier molecular flexibility index (Phi) is 4.92. The van der Waals surface area contributed by atoms with Crippen LogP contribution < -0.4 is 0 Å². The van der Waals surface area contributed by atoms with E-state index in [4.69, 9.17) is 4.74 Å². The zero-order valence-electron chi connectivity index (χ0n) is 13.4. The summed E-state index contributed by atoms with van der Waals surface area (Å²) in [4.78, 5) is 0. The molecule has 0 aromatic carbocycles. The van der Waals surface area contributed by atoms with E-state index in [1.807, 2.05) is 0 Å². The first-order chi connectivity index (χ1) is 9.39. The van der Waals surface area contributed by atoms with E-state index in [1.54, 1.807) is 0 Å². The lowest BCUT2D eigenvalue weighted by molar-refractivity contribution is 0.0751. The van der Waals surface area contributed by atoms with Crippen molar-refractivity contribution in [3.8, 4) is 0 Å². The number of rotatable bonds is 6. The van der Waals surface area contributed by atoms with Gasteiger partial charge in [0.2, 0.25) is 0 Å². The Morgan fingerprint density at radius 2 is 2.15 bits per heavy atom. The third-order valence-electron chi connectivity index (χ3n) is 4.11. The van der Waals surface area contributed by atoms with Crippen molar-refractivity contribution in [2.75, 3.05) is 6.61 Å². The maximum absolute atomic E-state index is 10.2. The van der Waals surface area contributed by atoms with E-state index in [9.17, 15) is 5.11 Å². The third-order valence-corrected chi connectivity index (χ3v) is 4.11. The highest BCUT2D eigenvalue weighted by molar-refractivity contribution is 5.29. The molecule has 114 valence electrons. The van der Waals surface area contributed by atoms with Crippen molar-refractivity contribution in [3.05, 3.63) is 23.5 Å². The lowest BCUT2D eigenvalue weighted by Crippen LogP contribution is -2.26. The van der Waals surface area contributed by atoms with Gasteiger partial charge < -0.3 is 14.4 Å². The van der Waals surface area contributed by atoms with Crippen molar-refractivity contribution < 1.29 is 9.84 Å². The molecule has 1 atom stereocenters. The fourth-order valence-electron chi connectivity index (χ4n) is 3.10. The van der Waals surface area contributed by atoms with Gasteiger partial charge >= 0.3 is 0 Å². The molecule has 0 radical (unpaired) electrons. The number of aliphatic hydroxyl groups is 1. The van der Waals surface area contributed by atoms with Crippen molar-refractivity contribution in [1.29, 1.82) is 0 Å². The summed E-state index contributed by atoms with van der Waals surface area (Å²) in [6, 6.07) is 2.10. The largest absolute Gasteiger partial charge is 0.388 e. The van der Waals surface area contributed by atoms with Crippen LogP contribution in [-0.4, -0.2) is 22.4 Å². The molecule has 3 heteroatoms. The molecule has 0 saturated carbocycles. The topological polar surface area (TPSA) is 34.4 Å². The average Bonchev–Trinajstić information content (AvgIpc) is 2.70. The van der Waals surface area contributed by atoms with Gasteiger partial charge in [-0.25, -0.2) is 0 Å². The predicted octanol–water partition coefficient (Wildman–Crippen LogP) is 3.70. The van der Waals surface area contributed by atoms with Crippen molar-refractivity contribution in [2.45, 2.75) is 72.1 Å². The normalized spacial score (nSPS) is 21.2. The Balaban J connectivity index is 1.91. The molecule has 1 heterocycles. The molecule has 0 fully saturated rings. The van der Waals surface area contributed by atoms with Gasteiger partial charge in [-0.15, -0.1) is 0 Å². The van der Waals surface area contributed by atoms with E-state index in [1.165, 1.54) is 5.69 Å².